The Hall–Kier alpha value is -1.58. The molecule has 1 aromatic carbocycles. The molecule has 1 rings (SSSR count). The fraction of sp³-hybridized carbons (Fsp3) is 0.462. The molecule has 3 nitrogen and oxygen atoms in total. The van der Waals surface area contributed by atoms with Crippen molar-refractivity contribution in [2.24, 2.45) is 5.41 Å². The summed E-state index contributed by atoms with van der Waals surface area (Å²) >= 11 is 0. The lowest BCUT2D eigenvalue weighted by atomic mass is 9.85. The summed E-state index contributed by atoms with van der Waals surface area (Å²) in [5.41, 5.74) is -0.0570. The van der Waals surface area contributed by atoms with Gasteiger partial charge in [-0.1, -0.05) is 0 Å². The lowest BCUT2D eigenvalue weighted by molar-refractivity contribution is -0.150. The monoisotopic (exact) mass is 240 g/mol. The Kier molecular flexibility index (Phi) is 4.10. The molecule has 4 heteroatoms. The summed E-state index contributed by atoms with van der Waals surface area (Å²) in [7, 11) is 2.86. The fourth-order valence-corrected chi connectivity index (χ4v) is 1.71. The van der Waals surface area contributed by atoms with Crippen molar-refractivity contribution in [2.75, 3.05) is 14.2 Å². The molecule has 0 unspecified atom stereocenters. The number of rotatable bonds is 4. The van der Waals surface area contributed by atoms with E-state index in [0.29, 0.717) is 17.7 Å². The molecular formula is C13H17FO3. The molecule has 0 bridgehead atoms. The maximum atomic E-state index is 13.2. The summed E-state index contributed by atoms with van der Waals surface area (Å²) in [6.45, 7) is 3.51. The summed E-state index contributed by atoms with van der Waals surface area (Å²) in [5.74, 6) is -0.103. The van der Waals surface area contributed by atoms with E-state index in [1.54, 1.807) is 19.9 Å². The van der Waals surface area contributed by atoms with Gasteiger partial charge in [-0.2, -0.15) is 0 Å². The third-order valence-corrected chi connectivity index (χ3v) is 2.61. The van der Waals surface area contributed by atoms with Gasteiger partial charge in [0.25, 0.3) is 0 Å². The Bertz CT molecular complexity index is 413. The molecule has 0 amide bonds. The SMILES string of the molecule is COC(=O)C(C)(C)Cc1cc(F)ccc1OC. The van der Waals surface area contributed by atoms with E-state index in [4.69, 9.17) is 9.47 Å². The van der Waals surface area contributed by atoms with Gasteiger partial charge in [-0.05, 0) is 44.0 Å². The van der Waals surface area contributed by atoms with Crippen LogP contribution in [0.25, 0.3) is 0 Å². The molecule has 0 radical (unpaired) electrons. The molecule has 0 aliphatic heterocycles. The van der Waals surface area contributed by atoms with Gasteiger partial charge >= 0.3 is 5.97 Å². The molecule has 0 heterocycles. The number of esters is 1. The first kappa shape index (κ1) is 13.5. The Balaban J connectivity index is 3.01. The molecule has 0 aliphatic carbocycles. The number of carbonyl (C=O) groups is 1. The first-order valence-corrected chi connectivity index (χ1v) is 5.31. The van der Waals surface area contributed by atoms with Crippen molar-refractivity contribution >= 4 is 5.97 Å². The van der Waals surface area contributed by atoms with Gasteiger partial charge in [-0.25, -0.2) is 4.39 Å². The average Bonchev–Trinajstić information content (AvgIpc) is 2.27. The minimum atomic E-state index is -0.712. The Morgan fingerprint density at radius 1 is 1.35 bits per heavy atom. The zero-order valence-electron chi connectivity index (χ0n) is 10.5. The largest absolute Gasteiger partial charge is 0.496 e. The quantitative estimate of drug-likeness (QED) is 0.759. The molecular weight excluding hydrogens is 223 g/mol. The van der Waals surface area contributed by atoms with Crippen LogP contribution in [0.15, 0.2) is 18.2 Å². The van der Waals surface area contributed by atoms with Crippen molar-refractivity contribution < 1.29 is 18.7 Å². The molecule has 1 aromatic rings. The van der Waals surface area contributed by atoms with E-state index >= 15 is 0 Å². The van der Waals surface area contributed by atoms with E-state index in [1.807, 2.05) is 0 Å². The van der Waals surface area contributed by atoms with Crippen LogP contribution in [0.4, 0.5) is 4.39 Å². The highest BCUT2D eigenvalue weighted by Gasteiger charge is 2.30. The van der Waals surface area contributed by atoms with Gasteiger partial charge in [0.2, 0.25) is 0 Å². The highest BCUT2D eigenvalue weighted by molar-refractivity contribution is 5.76. The van der Waals surface area contributed by atoms with Crippen LogP contribution in [0.1, 0.15) is 19.4 Å². The van der Waals surface area contributed by atoms with Crippen LogP contribution in [-0.2, 0) is 16.0 Å². The highest BCUT2D eigenvalue weighted by Crippen LogP contribution is 2.29. The van der Waals surface area contributed by atoms with Crippen molar-refractivity contribution in [3.05, 3.63) is 29.6 Å². The standard InChI is InChI=1S/C13H17FO3/c1-13(2,12(15)17-4)8-9-7-10(14)5-6-11(9)16-3/h5-7H,8H2,1-4H3. The van der Waals surface area contributed by atoms with Gasteiger partial charge in [-0.15, -0.1) is 0 Å². The smallest absolute Gasteiger partial charge is 0.311 e. The summed E-state index contributed by atoms with van der Waals surface area (Å²) < 4.78 is 23.0. The van der Waals surface area contributed by atoms with E-state index in [2.05, 4.69) is 0 Å². The van der Waals surface area contributed by atoms with E-state index in [9.17, 15) is 9.18 Å². The number of benzene rings is 1. The lowest BCUT2D eigenvalue weighted by Crippen LogP contribution is -2.28. The topological polar surface area (TPSA) is 35.5 Å². The first-order chi connectivity index (χ1) is 7.90. The number of halogens is 1. The van der Waals surface area contributed by atoms with E-state index in [-0.39, 0.29) is 11.8 Å². The molecule has 0 fully saturated rings. The lowest BCUT2D eigenvalue weighted by Gasteiger charge is -2.22. The highest BCUT2D eigenvalue weighted by atomic mass is 19.1. The Labute approximate surface area is 101 Å². The maximum absolute atomic E-state index is 13.2. The van der Waals surface area contributed by atoms with Crippen LogP contribution >= 0.6 is 0 Å². The van der Waals surface area contributed by atoms with Gasteiger partial charge in [0.15, 0.2) is 0 Å². The molecule has 0 saturated heterocycles. The van der Waals surface area contributed by atoms with Crippen LogP contribution in [0, 0.1) is 11.2 Å². The van der Waals surface area contributed by atoms with Gasteiger partial charge < -0.3 is 9.47 Å². The molecule has 0 saturated carbocycles. The minimum Gasteiger partial charge on any atom is -0.496 e. The number of ether oxygens (including phenoxy) is 2. The van der Waals surface area contributed by atoms with Crippen molar-refractivity contribution in [3.8, 4) is 5.75 Å². The summed E-state index contributed by atoms with van der Waals surface area (Å²) in [6, 6.07) is 4.26. The number of hydrogen-bond donors (Lipinski definition) is 0. The third-order valence-electron chi connectivity index (χ3n) is 2.61. The van der Waals surface area contributed by atoms with Crippen LogP contribution in [0.3, 0.4) is 0 Å². The predicted molar refractivity (Wildman–Crippen MR) is 62.5 cm³/mol. The minimum absolute atomic E-state index is 0.330. The zero-order valence-corrected chi connectivity index (χ0v) is 10.5. The molecule has 0 spiro atoms. The van der Waals surface area contributed by atoms with Crippen LogP contribution < -0.4 is 4.74 Å². The van der Waals surface area contributed by atoms with Gasteiger partial charge in [0.05, 0.1) is 19.6 Å². The van der Waals surface area contributed by atoms with Crippen molar-refractivity contribution in [1.82, 2.24) is 0 Å². The Morgan fingerprint density at radius 2 is 2.00 bits per heavy atom. The second-order valence-corrected chi connectivity index (χ2v) is 4.51. The Morgan fingerprint density at radius 3 is 2.53 bits per heavy atom. The first-order valence-electron chi connectivity index (χ1n) is 5.31. The molecule has 0 aromatic heterocycles. The average molecular weight is 240 g/mol. The zero-order chi connectivity index (χ0) is 13.1. The molecule has 94 valence electrons. The fourth-order valence-electron chi connectivity index (χ4n) is 1.71. The van der Waals surface area contributed by atoms with Crippen molar-refractivity contribution in [3.63, 3.8) is 0 Å². The van der Waals surface area contributed by atoms with Gasteiger partial charge in [0, 0.05) is 0 Å². The molecule has 0 N–H and O–H groups in total. The normalized spacial score (nSPS) is 11.1. The van der Waals surface area contributed by atoms with Gasteiger partial charge in [0.1, 0.15) is 11.6 Å². The molecule has 0 atom stereocenters. The number of carbonyl (C=O) groups excluding carboxylic acids is 1. The van der Waals surface area contributed by atoms with E-state index in [0.717, 1.165) is 0 Å². The van der Waals surface area contributed by atoms with Crippen LogP contribution in [-0.4, -0.2) is 20.2 Å². The predicted octanol–water partition coefficient (Wildman–Crippen LogP) is 2.58. The van der Waals surface area contributed by atoms with Gasteiger partial charge in [-0.3, -0.25) is 4.79 Å². The maximum Gasteiger partial charge on any atom is 0.311 e. The second-order valence-electron chi connectivity index (χ2n) is 4.51. The second kappa shape index (κ2) is 5.17. The summed E-state index contributed by atoms with van der Waals surface area (Å²) in [6.07, 6.45) is 0.362. The molecule has 17 heavy (non-hydrogen) atoms. The summed E-state index contributed by atoms with van der Waals surface area (Å²) in [4.78, 5) is 11.6. The van der Waals surface area contributed by atoms with Crippen LogP contribution in [0.2, 0.25) is 0 Å². The number of hydrogen-bond acceptors (Lipinski definition) is 3. The van der Waals surface area contributed by atoms with E-state index < -0.39 is 5.41 Å². The van der Waals surface area contributed by atoms with E-state index in [1.165, 1.54) is 26.4 Å². The third kappa shape index (κ3) is 3.19. The van der Waals surface area contributed by atoms with Crippen molar-refractivity contribution in [1.29, 1.82) is 0 Å². The molecule has 0 aliphatic rings. The van der Waals surface area contributed by atoms with Crippen LogP contribution in [0.5, 0.6) is 5.75 Å². The summed E-state index contributed by atoms with van der Waals surface area (Å²) in [5, 5.41) is 0. The van der Waals surface area contributed by atoms with Crippen molar-refractivity contribution in [2.45, 2.75) is 20.3 Å². The number of methoxy groups -OCH3 is 2.